The van der Waals surface area contributed by atoms with Crippen LogP contribution < -0.4 is 5.73 Å². The predicted octanol–water partition coefficient (Wildman–Crippen LogP) is 2.25. The Morgan fingerprint density at radius 2 is 2.29 bits per heavy atom. The second-order valence-corrected chi connectivity index (χ2v) is 4.07. The van der Waals surface area contributed by atoms with Gasteiger partial charge < -0.3 is 5.73 Å². The van der Waals surface area contributed by atoms with Crippen LogP contribution in [0.25, 0.3) is 5.52 Å². The van der Waals surface area contributed by atoms with Gasteiger partial charge in [-0.3, -0.25) is 4.40 Å². The Bertz CT molecular complexity index is 466. The molecular formula is C9H9BrClN3. The van der Waals surface area contributed by atoms with Crippen molar-refractivity contribution < 1.29 is 0 Å². The first-order chi connectivity index (χ1) is 6.74. The molecule has 0 radical (unpaired) electrons. The van der Waals surface area contributed by atoms with E-state index < -0.39 is 0 Å². The van der Waals surface area contributed by atoms with E-state index >= 15 is 0 Å². The van der Waals surface area contributed by atoms with Crippen LogP contribution in [0.3, 0.4) is 0 Å². The van der Waals surface area contributed by atoms with E-state index in [4.69, 9.17) is 17.3 Å². The quantitative estimate of drug-likeness (QED) is 0.854. The monoisotopic (exact) mass is 273 g/mol. The first-order valence-corrected chi connectivity index (χ1v) is 5.42. The lowest BCUT2D eigenvalue weighted by Gasteiger charge is -2.01. The zero-order valence-corrected chi connectivity index (χ0v) is 9.72. The van der Waals surface area contributed by atoms with Gasteiger partial charge in [-0.05, 0) is 34.6 Å². The molecule has 0 saturated heterocycles. The molecule has 0 aromatic carbocycles. The molecule has 2 aromatic heterocycles. The molecule has 0 aliphatic carbocycles. The molecule has 0 amide bonds. The first-order valence-electron chi connectivity index (χ1n) is 4.25. The summed E-state index contributed by atoms with van der Waals surface area (Å²) in [7, 11) is 0. The summed E-state index contributed by atoms with van der Waals surface area (Å²) in [4.78, 5) is 4.36. The Morgan fingerprint density at radius 1 is 1.50 bits per heavy atom. The molecule has 0 atom stereocenters. The van der Waals surface area contributed by atoms with Crippen LogP contribution in [-0.4, -0.2) is 15.9 Å². The van der Waals surface area contributed by atoms with Crippen LogP contribution in [0.4, 0.5) is 0 Å². The molecule has 14 heavy (non-hydrogen) atoms. The summed E-state index contributed by atoms with van der Waals surface area (Å²) in [6, 6.07) is 5.70. The molecule has 0 bridgehead atoms. The molecule has 0 aliphatic heterocycles. The van der Waals surface area contributed by atoms with Crippen LogP contribution >= 0.6 is 27.5 Å². The highest BCUT2D eigenvalue weighted by Gasteiger charge is 2.09. The average Bonchev–Trinajstić information content (AvgIpc) is 2.46. The predicted molar refractivity (Wildman–Crippen MR) is 60.7 cm³/mol. The van der Waals surface area contributed by atoms with Gasteiger partial charge in [-0.15, -0.1) is 0 Å². The highest BCUT2D eigenvalue weighted by Crippen LogP contribution is 2.23. The van der Waals surface area contributed by atoms with Crippen LogP contribution in [0, 0.1) is 0 Å². The van der Waals surface area contributed by atoms with Crippen LogP contribution in [0.2, 0.25) is 5.15 Å². The van der Waals surface area contributed by atoms with Crippen molar-refractivity contribution in [2.45, 2.75) is 6.42 Å². The summed E-state index contributed by atoms with van der Waals surface area (Å²) in [6.45, 7) is 0.566. The standard InChI is InChI=1S/C9H9BrClN3/c10-9-6-2-1-3-7(11)14(6)8(13-9)4-5-12/h1-3H,4-5,12H2. The van der Waals surface area contributed by atoms with Crippen molar-refractivity contribution in [3.8, 4) is 0 Å². The number of pyridine rings is 1. The number of aromatic nitrogens is 2. The third kappa shape index (κ3) is 1.54. The normalized spacial score (nSPS) is 11.1. The van der Waals surface area contributed by atoms with Gasteiger partial charge in [-0.25, -0.2) is 4.98 Å². The summed E-state index contributed by atoms with van der Waals surface area (Å²) in [5, 5.41) is 0.657. The van der Waals surface area contributed by atoms with Crippen molar-refractivity contribution in [3.63, 3.8) is 0 Å². The SMILES string of the molecule is NCCc1nc(Br)c2cccc(Cl)n12. The molecule has 0 aliphatic rings. The minimum atomic E-state index is 0.566. The topological polar surface area (TPSA) is 43.3 Å². The lowest BCUT2D eigenvalue weighted by Crippen LogP contribution is -2.06. The fourth-order valence-corrected chi connectivity index (χ4v) is 2.20. The Hall–Kier alpha value is -0.580. The number of nitrogens with two attached hydrogens (primary N) is 1. The molecule has 0 unspecified atom stereocenters. The van der Waals surface area contributed by atoms with Crippen molar-refractivity contribution in [2.24, 2.45) is 5.73 Å². The van der Waals surface area contributed by atoms with Crippen molar-refractivity contribution in [1.29, 1.82) is 0 Å². The second kappa shape index (κ2) is 3.88. The number of hydrogen-bond donors (Lipinski definition) is 1. The van der Waals surface area contributed by atoms with Crippen LogP contribution in [0.15, 0.2) is 22.8 Å². The highest BCUT2D eigenvalue weighted by molar-refractivity contribution is 9.10. The van der Waals surface area contributed by atoms with E-state index in [0.717, 1.165) is 22.4 Å². The molecule has 0 spiro atoms. The maximum atomic E-state index is 6.07. The molecule has 2 rings (SSSR count). The van der Waals surface area contributed by atoms with Gasteiger partial charge >= 0.3 is 0 Å². The summed E-state index contributed by atoms with van der Waals surface area (Å²) in [6.07, 6.45) is 0.719. The molecule has 0 saturated carbocycles. The maximum absolute atomic E-state index is 6.07. The summed E-state index contributed by atoms with van der Waals surface area (Å²) in [5.41, 5.74) is 6.47. The smallest absolute Gasteiger partial charge is 0.132 e. The van der Waals surface area contributed by atoms with Crippen molar-refractivity contribution in [2.75, 3.05) is 6.54 Å². The fraction of sp³-hybridized carbons (Fsp3) is 0.222. The Balaban J connectivity index is 2.72. The Labute approximate surface area is 95.0 Å². The molecule has 0 fully saturated rings. The van der Waals surface area contributed by atoms with Crippen LogP contribution in [0.1, 0.15) is 5.82 Å². The van der Waals surface area contributed by atoms with Gasteiger partial charge in [-0.2, -0.15) is 0 Å². The maximum Gasteiger partial charge on any atom is 0.132 e. The number of imidazole rings is 1. The van der Waals surface area contributed by atoms with Crippen molar-refractivity contribution in [1.82, 2.24) is 9.38 Å². The minimum absolute atomic E-state index is 0.566. The minimum Gasteiger partial charge on any atom is -0.330 e. The van der Waals surface area contributed by atoms with E-state index in [1.807, 2.05) is 22.6 Å². The summed E-state index contributed by atoms with van der Waals surface area (Å²) in [5.74, 6) is 0.889. The zero-order chi connectivity index (χ0) is 10.1. The first kappa shape index (κ1) is 9.96. The molecule has 2 N–H and O–H groups in total. The molecule has 2 heterocycles. The number of rotatable bonds is 2. The van der Waals surface area contributed by atoms with Gasteiger partial charge in [-0.1, -0.05) is 17.7 Å². The fourth-order valence-electron chi connectivity index (χ4n) is 1.42. The van der Waals surface area contributed by atoms with Crippen molar-refractivity contribution in [3.05, 3.63) is 33.8 Å². The number of halogens is 2. The average molecular weight is 275 g/mol. The van der Waals surface area contributed by atoms with Crippen LogP contribution in [0.5, 0.6) is 0 Å². The molecular weight excluding hydrogens is 265 g/mol. The lowest BCUT2D eigenvalue weighted by atomic mass is 10.4. The lowest BCUT2D eigenvalue weighted by molar-refractivity contribution is 0.862. The number of fused-ring (bicyclic) bond motifs is 1. The molecule has 74 valence electrons. The number of hydrogen-bond acceptors (Lipinski definition) is 2. The molecule has 3 nitrogen and oxygen atoms in total. The largest absolute Gasteiger partial charge is 0.330 e. The molecule has 5 heteroatoms. The van der Waals surface area contributed by atoms with E-state index in [1.54, 1.807) is 0 Å². The summed E-state index contributed by atoms with van der Waals surface area (Å²) < 4.78 is 2.71. The van der Waals surface area contributed by atoms with Gasteiger partial charge in [0, 0.05) is 6.42 Å². The van der Waals surface area contributed by atoms with E-state index in [1.165, 1.54) is 0 Å². The van der Waals surface area contributed by atoms with Gasteiger partial charge in [0.1, 0.15) is 15.6 Å². The highest BCUT2D eigenvalue weighted by atomic mass is 79.9. The van der Waals surface area contributed by atoms with Crippen LogP contribution in [-0.2, 0) is 6.42 Å². The van der Waals surface area contributed by atoms with E-state index in [-0.39, 0.29) is 0 Å². The second-order valence-electron chi connectivity index (χ2n) is 2.93. The third-order valence-electron chi connectivity index (χ3n) is 2.01. The third-order valence-corrected chi connectivity index (χ3v) is 2.89. The van der Waals surface area contributed by atoms with E-state index in [9.17, 15) is 0 Å². The summed E-state index contributed by atoms with van der Waals surface area (Å²) >= 11 is 9.46. The Morgan fingerprint density at radius 3 is 3.00 bits per heavy atom. The van der Waals surface area contributed by atoms with E-state index in [0.29, 0.717) is 11.7 Å². The van der Waals surface area contributed by atoms with Gasteiger partial charge in [0.15, 0.2) is 0 Å². The van der Waals surface area contributed by atoms with Gasteiger partial charge in [0.2, 0.25) is 0 Å². The van der Waals surface area contributed by atoms with Gasteiger partial charge in [0.25, 0.3) is 0 Å². The number of nitrogens with zero attached hydrogens (tertiary/aromatic N) is 2. The van der Waals surface area contributed by atoms with Gasteiger partial charge in [0.05, 0.1) is 5.52 Å². The molecule has 2 aromatic rings. The van der Waals surface area contributed by atoms with Crippen molar-refractivity contribution >= 4 is 33.0 Å². The Kier molecular flexibility index (Phi) is 2.76. The zero-order valence-electron chi connectivity index (χ0n) is 7.37. The van der Waals surface area contributed by atoms with E-state index in [2.05, 4.69) is 20.9 Å².